The lowest BCUT2D eigenvalue weighted by atomic mass is 9.80. The molecule has 0 radical (unpaired) electrons. The minimum Gasteiger partial charge on any atom is -0.390 e. The van der Waals surface area contributed by atoms with Gasteiger partial charge < -0.3 is 19.6 Å². The summed E-state index contributed by atoms with van der Waals surface area (Å²) in [5.74, 6) is 0. The lowest BCUT2D eigenvalue weighted by Crippen LogP contribution is -2.38. The predicted octanol–water partition coefficient (Wildman–Crippen LogP) is 3.78. The molecule has 8 heteroatoms. The molecule has 0 amide bonds. The summed E-state index contributed by atoms with van der Waals surface area (Å²) in [4.78, 5) is 23.0. The van der Waals surface area contributed by atoms with Gasteiger partial charge >= 0.3 is 0 Å². The molecule has 1 saturated heterocycles. The second kappa shape index (κ2) is 9.74. The fourth-order valence-corrected chi connectivity index (χ4v) is 5.09. The highest BCUT2D eigenvalue weighted by molar-refractivity contribution is 5.68. The second-order valence-corrected chi connectivity index (χ2v) is 9.08. The van der Waals surface area contributed by atoms with Gasteiger partial charge in [-0.2, -0.15) is 0 Å². The van der Waals surface area contributed by atoms with E-state index in [9.17, 15) is 9.90 Å². The molecule has 0 saturated carbocycles. The van der Waals surface area contributed by atoms with Crippen LogP contribution in [0.25, 0.3) is 11.2 Å². The van der Waals surface area contributed by atoms with Gasteiger partial charge in [-0.3, -0.25) is 9.36 Å². The maximum absolute atomic E-state index is 12.1. The Labute approximate surface area is 213 Å². The summed E-state index contributed by atoms with van der Waals surface area (Å²) in [7, 11) is 0. The quantitative estimate of drug-likeness (QED) is 0.334. The van der Waals surface area contributed by atoms with Gasteiger partial charge in [-0.1, -0.05) is 91.0 Å². The van der Waals surface area contributed by atoms with Crippen molar-refractivity contribution in [1.29, 1.82) is 0 Å². The number of rotatable bonds is 7. The third-order valence-electron chi connectivity index (χ3n) is 6.88. The largest absolute Gasteiger partial charge is 0.390 e. The molecule has 3 unspecified atom stereocenters. The molecule has 186 valence electrons. The maximum Gasteiger partial charge on any atom is 0.278 e. The molecule has 5 aromatic rings. The van der Waals surface area contributed by atoms with Gasteiger partial charge in [0.15, 0.2) is 11.2 Å². The normalized spacial score (nSPS) is 19.9. The van der Waals surface area contributed by atoms with E-state index in [-0.39, 0.29) is 17.7 Å². The topological polar surface area (TPSA) is 102 Å². The summed E-state index contributed by atoms with van der Waals surface area (Å²) in [5.41, 5.74) is 2.33. The van der Waals surface area contributed by atoms with Crippen LogP contribution in [0.1, 0.15) is 29.3 Å². The summed E-state index contributed by atoms with van der Waals surface area (Å²) in [6, 6.07) is 30.2. The highest BCUT2D eigenvalue weighted by atomic mass is 16.6. The molecule has 3 atom stereocenters. The molecule has 37 heavy (non-hydrogen) atoms. The average molecular weight is 495 g/mol. The van der Waals surface area contributed by atoms with Crippen molar-refractivity contribution in [2.75, 3.05) is 6.61 Å². The Hall–Kier alpha value is -4.11. The van der Waals surface area contributed by atoms with Crippen molar-refractivity contribution in [1.82, 2.24) is 19.5 Å². The predicted molar refractivity (Wildman–Crippen MR) is 138 cm³/mol. The standard InChI is InChI=1S/C29H26N4O4/c34-23-16-25(33-19-32-26-27(33)30-18-31-28(26)35)37-24(23)17-36-29(20-10-4-1-5-11-20,21-12-6-2-7-13-21)22-14-8-3-9-15-22/h1-15,18-19,23-25,34H,16-17H2,(H,30,31,35). The van der Waals surface area contributed by atoms with E-state index in [0.29, 0.717) is 12.1 Å². The highest BCUT2D eigenvalue weighted by Crippen LogP contribution is 2.41. The number of ether oxygens (including phenoxy) is 2. The number of aliphatic hydroxyl groups excluding tert-OH is 1. The Bertz CT molecular complexity index is 1440. The zero-order valence-corrected chi connectivity index (χ0v) is 20.0. The number of imidazole rings is 1. The van der Waals surface area contributed by atoms with Crippen LogP contribution in [0.5, 0.6) is 0 Å². The lowest BCUT2D eigenvalue weighted by molar-refractivity contribution is -0.0930. The first-order chi connectivity index (χ1) is 18.2. The summed E-state index contributed by atoms with van der Waals surface area (Å²) >= 11 is 0. The highest BCUT2D eigenvalue weighted by Gasteiger charge is 2.42. The van der Waals surface area contributed by atoms with Crippen molar-refractivity contribution in [3.63, 3.8) is 0 Å². The molecule has 6 rings (SSSR count). The van der Waals surface area contributed by atoms with Gasteiger partial charge in [-0.05, 0) is 16.7 Å². The molecule has 8 nitrogen and oxygen atoms in total. The van der Waals surface area contributed by atoms with Crippen molar-refractivity contribution in [2.24, 2.45) is 0 Å². The molecule has 1 aliphatic heterocycles. The third kappa shape index (κ3) is 4.15. The van der Waals surface area contributed by atoms with Crippen LogP contribution in [-0.2, 0) is 15.1 Å². The van der Waals surface area contributed by atoms with E-state index >= 15 is 0 Å². The number of nitrogens with zero attached hydrogens (tertiary/aromatic N) is 3. The fourth-order valence-electron chi connectivity index (χ4n) is 5.09. The molecule has 3 heterocycles. The number of nitrogens with one attached hydrogen (secondary N) is 1. The van der Waals surface area contributed by atoms with Crippen molar-refractivity contribution in [3.8, 4) is 0 Å². The van der Waals surface area contributed by atoms with Gasteiger partial charge in [0.1, 0.15) is 17.9 Å². The minimum absolute atomic E-state index is 0.136. The van der Waals surface area contributed by atoms with E-state index in [1.165, 1.54) is 12.7 Å². The number of aromatic nitrogens is 4. The lowest BCUT2D eigenvalue weighted by Gasteiger charge is -2.37. The van der Waals surface area contributed by atoms with Gasteiger partial charge in [0, 0.05) is 6.42 Å². The van der Waals surface area contributed by atoms with E-state index in [1.54, 1.807) is 4.57 Å². The van der Waals surface area contributed by atoms with Crippen molar-refractivity contribution < 1.29 is 14.6 Å². The number of hydrogen-bond acceptors (Lipinski definition) is 6. The Morgan fingerprint density at radius 1 is 0.919 bits per heavy atom. The molecule has 1 fully saturated rings. The van der Waals surface area contributed by atoms with Crippen molar-refractivity contribution in [3.05, 3.63) is 131 Å². The summed E-state index contributed by atoms with van der Waals surface area (Å²) in [6.07, 6.45) is 1.29. The van der Waals surface area contributed by atoms with Crippen LogP contribution in [0.3, 0.4) is 0 Å². The molecule has 3 aromatic carbocycles. The molecular weight excluding hydrogens is 468 g/mol. The Morgan fingerprint density at radius 3 is 2.05 bits per heavy atom. The number of aromatic amines is 1. The summed E-state index contributed by atoms with van der Waals surface area (Å²) < 4.78 is 14.8. The number of benzene rings is 3. The second-order valence-electron chi connectivity index (χ2n) is 9.08. The van der Waals surface area contributed by atoms with Crippen LogP contribution in [-0.4, -0.2) is 43.4 Å². The Morgan fingerprint density at radius 2 is 1.49 bits per heavy atom. The Kier molecular flexibility index (Phi) is 6.13. The van der Waals surface area contributed by atoms with Crippen LogP contribution in [0, 0.1) is 0 Å². The van der Waals surface area contributed by atoms with Gasteiger partial charge in [-0.25, -0.2) is 9.97 Å². The van der Waals surface area contributed by atoms with Gasteiger partial charge in [0.25, 0.3) is 5.56 Å². The first-order valence-corrected chi connectivity index (χ1v) is 12.2. The average Bonchev–Trinajstić information content (AvgIpc) is 3.55. The molecule has 2 aromatic heterocycles. The first-order valence-electron chi connectivity index (χ1n) is 12.2. The maximum atomic E-state index is 12.1. The van der Waals surface area contributed by atoms with E-state index < -0.39 is 24.0 Å². The monoisotopic (exact) mass is 494 g/mol. The van der Waals surface area contributed by atoms with Crippen molar-refractivity contribution >= 4 is 11.2 Å². The number of hydrogen-bond donors (Lipinski definition) is 2. The van der Waals surface area contributed by atoms with Crippen LogP contribution < -0.4 is 5.56 Å². The first kappa shape index (κ1) is 23.3. The molecule has 1 aliphatic rings. The summed E-state index contributed by atoms with van der Waals surface area (Å²) in [6.45, 7) is 0.136. The molecule has 2 N–H and O–H groups in total. The zero-order valence-electron chi connectivity index (χ0n) is 20.0. The third-order valence-corrected chi connectivity index (χ3v) is 6.88. The summed E-state index contributed by atoms with van der Waals surface area (Å²) in [5, 5.41) is 11.0. The fraction of sp³-hybridized carbons (Fsp3) is 0.207. The van der Waals surface area contributed by atoms with Gasteiger partial charge in [-0.15, -0.1) is 0 Å². The van der Waals surface area contributed by atoms with Gasteiger partial charge in [0.05, 0.1) is 25.4 Å². The SMILES string of the molecule is O=c1[nH]cnc2c1ncn2C1CC(O)C(COC(c2ccccc2)(c2ccccc2)c2ccccc2)O1. The van der Waals surface area contributed by atoms with E-state index in [0.717, 1.165) is 16.7 Å². The molecule has 0 bridgehead atoms. The Balaban J connectivity index is 1.35. The van der Waals surface area contributed by atoms with Crippen molar-refractivity contribution in [2.45, 2.75) is 30.5 Å². The van der Waals surface area contributed by atoms with Crippen LogP contribution in [0.4, 0.5) is 0 Å². The van der Waals surface area contributed by atoms with E-state index in [4.69, 9.17) is 9.47 Å². The minimum atomic E-state index is -0.915. The number of H-pyrrole nitrogens is 1. The zero-order chi connectivity index (χ0) is 25.2. The molecular formula is C29H26N4O4. The van der Waals surface area contributed by atoms with Gasteiger partial charge in [0.2, 0.25) is 0 Å². The molecule has 0 aliphatic carbocycles. The number of aliphatic hydroxyl groups is 1. The van der Waals surface area contributed by atoms with E-state index in [2.05, 4.69) is 51.4 Å². The van der Waals surface area contributed by atoms with E-state index in [1.807, 2.05) is 54.6 Å². The van der Waals surface area contributed by atoms with Crippen LogP contribution in [0.15, 0.2) is 108 Å². The molecule has 0 spiro atoms. The smallest absolute Gasteiger partial charge is 0.278 e. The van der Waals surface area contributed by atoms with Crippen LogP contribution >= 0.6 is 0 Å². The van der Waals surface area contributed by atoms with Crippen LogP contribution in [0.2, 0.25) is 0 Å². The number of fused-ring (bicyclic) bond motifs is 1.